The number of hydrogen-bond donors (Lipinski definition) is 0. The zero-order chi connectivity index (χ0) is 20.9. The summed E-state index contributed by atoms with van der Waals surface area (Å²) >= 11 is 0. The van der Waals surface area contributed by atoms with Crippen molar-refractivity contribution in [3.05, 3.63) is 41.2 Å². The van der Waals surface area contributed by atoms with Crippen molar-refractivity contribution >= 4 is 21.2 Å². The molecule has 1 saturated carbocycles. The molecule has 1 atom stereocenters. The maximum atomic E-state index is 13.3. The number of fused-ring (bicyclic) bond motifs is 1. The van der Waals surface area contributed by atoms with E-state index in [1.165, 1.54) is 10.5 Å². The fraction of sp³-hybridized carbons (Fsp3) is 0.550. The Balaban J connectivity index is 1.50. The highest BCUT2D eigenvalue weighted by atomic mass is 32.2. The van der Waals surface area contributed by atoms with Crippen LogP contribution in [-0.2, 0) is 23.1 Å². The van der Waals surface area contributed by atoms with Crippen LogP contribution < -0.4 is 5.69 Å². The maximum absolute atomic E-state index is 13.3. The standard InChI is InChI=1S/C20H26N6O3S/c1-2-23-14-17(11-22-23)30(28,29)24-10-4-5-16(13-24)26-19-18(6-3-9-21-19)25(20(26)27)12-15-7-8-15/h3,6,9,11,14-16H,2,4-5,7-8,10,12-13H2,1H3/t16-/m0/s1. The van der Waals surface area contributed by atoms with Crippen LogP contribution in [-0.4, -0.2) is 49.7 Å². The number of imidazole rings is 1. The number of sulfonamides is 1. The Bertz CT molecular complexity index is 1240. The van der Waals surface area contributed by atoms with Crippen molar-refractivity contribution in [3.8, 4) is 0 Å². The quantitative estimate of drug-likeness (QED) is 0.595. The molecule has 30 heavy (non-hydrogen) atoms. The van der Waals surface area contributed by atoms with Gasteiger partial charge in [0.15, 0.2) is 5.65 Å². The van der Waals surface area contributed by atoms with Gasteiger partial charge in [-0.05, 0) is 50.7 Å². The molecule has 5 rings (SSSR count). The normalized spacial score (nSPS) is 20.8. The molecule has 1 aliphatic heterocycles. The van der Waals surface area contributed by atoms with Crippen molar-refractivity contribution in [1.29, 1.82) is 0 Å². The van der Waals surface area contributed by atoms with Gasteiger partial charge in [-0.1, -0.05) is 0 Å². The second-order valence-electron chi connectivity index (χ2n) is 8.24. The van der Waals surface area contributed by atoms with Gasteiger partial charge in [0.1, 0.15) is 4.90 Å². The van der Waals surface area contributed by atoms with Gasteiger partial charge in [0, 0.05) is 38.6 Å². The minimum Gasteiger partial charge on any atom is -0.290 e. The number of piperidine rings is 1. The number of rotatable bonds is 6. The van der Waals surface area contributed by atoms with Crippen LogP contribution in [0.4, 0.5) is 0 Å². The molecule has 1 aliphatic carbocycles. The second-order valence-corrected chi connectivity index (χ2v) is 10.2. The molecular formula is C20H26N6O3S. The summed E-state index contributed by atoms with van der Waals surface area (Å²) in [6.45, 7) is 3.94. The van der Waals surface area contributed by atoms with Crippen LogP contribution >= 0.6 is 0 Å². The van der Waals surface area contributed by atoms with Gasteiger partial charge < -0.3 is 0 Å². The van der Waals surface area contributed by atoms with E-state index in [1.54, 1.807) is 21.6 Å². The summed E-state index contributed by atoms with van der Waals surface area (Å²) in [6, 6.07) is 3.54. The van der Waals surface area contributed by atoms with Crippen molar-refractivity contribution in [2.24, 2.45) is 5.92 Å². The van der Waals surface area contributed by atoms with Crippen LogP contribution in [0.15, 0.2) is 40.4 Å². The summed E-state index contributed by atoms with van der Waals surface area (Å²) in [5.74, 6) is 0.556. The molecule has 0 N–H and O–H groups in total. The molecule has 10 heteroatoms. The van der Waals surface area contributed by atoms with E-state index in [0.29, 0.717) is 37.6 Å². The van der Waals surface area contributed by atoms with E-state index >= 15 is 0 Å². The minimum atomic E-state index is -3.65. The molecule has 9 nitrogen and oxygen atoms in total. The topological polar surface area (TPSA) is 95.0 Å². The fourth-order valence-electron chi connectivity index (χ4n) is 4.32. The van der Waals surface area contributed by atoms with E-state index in [-0.39, 0.29) is 23.2 Å². The van der Waals surface area contributed by atoms with E-state index in [0.717, 1.165) is 24.8 Å². The van der Waals surface area contributed by atoms with Crippen LogP contribution in [0.3, 0.4) is 0 Å². The molecule has 2 fully saturated rings. The lowest BCUT2D eigenvalue weighted by Crippen LogP contribution is -2.43. The van der Waals surface area contributed by atoms with Crippen LogP contribution in [0, 0.1) is 5.92 Å². The second kappa shape index (κ2) is 7.35. The summed E-state index contributed by atoms with van der Waals surface area (Å²) in [7, 11) is -3.65. The van der Waals surface area contributed by atoms with E-state index in [1.807, 2.05) is 23.6 Å². The van der Waals surface area contributed by atoms with Gasteiger partial charge in [-0.15, -0.1) is 0 Å². The van der Waals surface area contributed by atoms with Gasteiger partial charge in [-0.2, -0.15) is 9.40 Å². The molecule has 0 aromatic carbocycles. The monoisotopic (exact) mass is 430 g/mol. The summed E-state index contributed by atoms with van der Waals surface area (Å²) < 4.78 is 33.0. The third kappa shape index (κ3) is 3.27. The number of nitrogens with zero attached hydrogens (tertiary/aromatic N) is 6. The average molecular weight is 431 g/mol. The van der Waals surface area contributed by atoms with E-state index in [2.05, 4.69) is 10.1 Å². The Hall–Kier alpha value is -2.46. The van der Waals surface area contributed by atoms with Crippen LogP contribution in [0.5, 0.6) is 0 Å². The molecule has 0 radical (unpaired) electrons. The minimum absolute atomic E-state index is 0.0846. The summed E-state index contributed by atoms with van der Waals surface area (Å²) in [4.78, 5) is 18.0. The van der Waals surface area contributed by atoms with Crippen molar-refractivity contribution in [3.63, 3.8) is 0 Å². The van der Waals surface area contributed by atoms with Gasteiger partial charge in [0.05, 0.1) is 17.8 Å². The average Bonchev–Trinajstić information content (AvgIpc) is 3.36. The highest BCUT2D eigenvalue weighted by Crippen LogP contribution is 2.32. The number of hydrogen-bond acceptors (Lipinski definition) is 5. The predicted octanol–water partition coefficient (Wildman–Crippen LogP) is 1.85. The van der Waals surface area contributed by atoms with Gasteiger partial charge in [-0.3, -0.25) is 13.8 Å². The van der Waals surface area contributed by atoms with Gasteiger partial charge >= 0.3 is 5.69 Å². The molecule has 2 aliphatic rings. The molecule has 0 bridgehead atoms. The zero-order valence-electron chi connectivity index (χ0n) is 17.0. The van der Waals surface area contributed by atoms with Gasteiger partial charge in [-0.25, -0.2) is 18.2 Å². The Morgan fingerprint density at radius 2 is 2.07 bits per heavy atom. The first kappa shape index (κ1) is 19.5. The lowest BCUT2D eigenvalue weighted by Gasteiger charge is -2.32. The number of pyridine rings is 1. The van der Waals surface area contributed by atoms with Crippen molar-refractivity contribution in [2.75, 3.05) is 13.1 Å². The SMILES string of the molecule is CCn1cc(S(=O)(=O)N2CCC[C@H](n3c(=O)n(CC4CC4)c4cccnc43)C2)cn1. The Kier molecular flexibility index (Phi) is 4.78. The van der Waals surface area contributed by atoms with Gasteiger partial charge in [0.2, 0.25) is 10.0 Å². The Morgan fingerprint density at radius 1 is 1.23 bits per heavy atom. The summed E-state index contributed by atoms with van der Waals surface area (Å²) in [5.41, 5.74) is 1.39. The first-order chi connectivity index (χ1) is 14.5. The summed E-state index contributed by atoms with van der Waals surface area (Å²) in [5, 5.41) is 4.11. The molecule has 1 saturated heterocycles. The largest absolute Gasteiger partial charge is 0.330 e. The number of aryl methyl sites for hydroxylation is 1. The fourth-order valence-corrected chi connectivity index (χ4v) is 5.79. The van der Waals surface area contributed by atoms with Crippen LogP contribution in [0.25, 0.3) is 11.2 Å². The van der Waals surface area contributed by atoms with Crippen molar-refractivity contribution < 1.29 is 8.42 Å². The molecule has 0 spiro atoms. The summed E-state index contributed by atoms with van der Waals surface area (Å²) in [6.07, 6.45) is 8.41. The third-order valence-electron chi connectivity index (χ3n) is 6.16. The highest BCUT2D eigenvalue weighted by Gasteiger charge is 2.34. The first-order valence-corrected chi connectivity index (χ1v) is 12.0. The molecule has 0 amide bonds. The number of aromatic nitrogens is 5. The predicted molar refractivity (Wildman–Crippen MR) is 112 cm³/mol. The molecule has 160 valence electrons. The molecular weight excluding hydrogens is 404 g/mol. The molecule has 0 unspecified atom stereocenters. The Morgan fingerprint density at radius 3 is 2.80 bits per heavy atom. The smallest absolute Gasteiger partial charge is 0.290 e. The van der Waals surface area contributed by atoms with E-state index in [9.17, 15) is 13.2 Å². The highest BCUT2D eigenvalue weighted by molar-refractivity contribution is 7.89. The lowest BCUT2D eigenvalue weighted by molar-refractivity contribution is 0.265. The lowest BCUT2D eigenvalue weighted by atomic mass is 10.1. The van der Waals surface area contributed by atoms with Gasteiger partial charge in [0.25, 0.3) is 0 Å². The third-order valence-corrected chi connectivity index (χ3v) is 7.97. The maximum Gasteiger partial charge on any atom is 0.330 e. The zero-order valence-corrected chi connectivity index (χ0v) is 17.8. The van der Waals surface area contributed by atoms with Crippen LogP contribution in [0.2, 0.25) is 0 Å². The van der Waals surface area contributed by atoms with E-state index < -0.39 is 10.0 Å². The van der Waals surface area contributed by atoms with E-state index in [4.69, 9.17) is 0 Å². The van der Waals surface area contributed by atoms with Crippen LogP contribution in [0.1, 0.15) is 38.6 Å². The van der Waals surface area contributed by atoms with Crippen molar-refractivity contribution in [2.45, 2.75) is 56.6 Å². The first-order valence-electron chi connectivity index (χ1n) is 10.6. The Labute approximate surface area is 175 Å². The molecule has 3 aromatic heterocycles. The van der Waals surface area contributed by atoms with Crippen molar-refractivity contribution in [1.82, 2.24) is 28.2 Å². The molecule has 3 aromatic rings. The molecule has 4 heterocycles.